The zero-order valence-electron chi connectivity index (χ0n) is 11.5. The number of fused-ring (bicyclic) bond motifs is 1. The largest absolute Gasteiger partial charge is 0.339 e. The molecule has 1 fully saturated rings. The third-order valence-corrected chi connectivity index (χ3v) is 5.21. The fourth-order valence-corrected chi connectivity index (χ4v) is 4.19. The Hall–Kier alpha value is -1.00. The van der Waals surface area contributed by atoms with E-state index in [0.717, 1.165) is 26.1 Å². The second kappa shape index (κ2) is 4.84. The number of carbonyl (C=O) groups excluding carboxylic acids is 1. The normalized spacial score (nSPS) is 25.5. The van der Waals surface area contributed by atoms with Crippen molar-refractivity contribution in [2.24, 2.45) is 0 Å². The Morgan fingerprint density at radius 1 is 1.42 bits per heavy atom. The van der Waals surface area contributed by atoms with E-state index in [4.69, 9.17) is 0 Å². The van der Waals surface area contributed by atoms with E-state index in [1.165, 1.54) is 10.5 Å². The first-order valence-electron chi connectivity index (χ1n) is 6.85. The van der Waals surface area contributed by atoms with E-state index >= 15 is 0 Å². The molecule has 1 aromatic carbocycles. The molecule has 1 unspecified atom stereocenters. The third kappa shape index (κ3) is 2.51. The molecular weight excluding hydrogens is 256 g/mol. The first-order chi connectivity index (χ1) is 9.06. The van der Waals surface area contributed by atoms with E-state index in [1.54, 1.807) is 0 Å². The van der Waals surface area contributed by atoms with Crippen molar-refractivity contribution in [2.45, 2.75) is 36.0 Å². The summed E-state index contributed by atoms with van der Waals surface area (Å²) in [6.07, 6.45) is 1.08. The van der Waals surface area contributed by atoms with E-state index < -0.39 is 5.54 Å². The first-order valence-corrected chi connectivity index (χ1v) is 7.73. The number of hydrogen-bond donors (Lipinski definition) is 1. The van der Waals surface area contributed by atoms with E-state index in [9.17, 15) is 4.79 Å². The fourth-order valence-electron chi connectivity index (χ4n) is 2.85. The number of piperazine rings is 1. The second-order valence-electron chi connectivity index (χ2n) is 5.85. The van der Waals surface area contributed by atoms with Gasteiger partial charge in [0.15, 0.2) is 0 Å². The highest BCUT2D eigenvalue weighted by Crippen LogP contribution is 2.37. The maximum atomic E-state index is 12.4. The topological polar surface area (TPSA) is 32.3 Å². The Labute approximate surface area is 118 Å². The van der Waals surface area contributed by atoms with Crippen LogP contribution in [0.15, 0.2) is 29.2 Å². The van der Waals surface area contributed by atoms with Gasteiger partial charge in [-0.05, 0) is 31.9 Å². The molecule has 2 heterocycles. The molecule has 2 aliphatic rings. The van der Waals surface area contributed by atoms with Crippen LogP contribution in [0.1, 0.15) is 19.4 Å². The van der Waals surface area contributed by atoms with Crippen LogP contribution in [-0.4, -0.2) is 41.2 Å². The van der Waals surface area contributed by atoms with E-state index in [-0.39, 0.29) is 5.91 Å². The summed E-state index contributed by atoms with van der Waals surface area (Å²) in [5, 5.41) is 3.79. The highest BCUT2D eigenvalue weighted by atomic mass is 32.2. The molecule has 1 amide bonds. The van der Waals surface area contributed by atoms with Gasteiger partial charge >= 0.3 is 0 Å². The maximum Gasteiger partial charge on any atom is 0.242 e. The predicted octanol–water partition coefficient (Wildman–Crippen LogP) is 1.91. The number of rotatable bonds is 2. The SMILES string of the molecule is CC1(C)NCCN(CC2Cc3ccccc3S2)C1=O. The zero-order chi connectivity index (χ0) is 13.5. The number of nitrogens with zero attached hydrogens (tertiary/aromatic N) is 1. The van der Waals surface area contributed by atoms with Crippen LogP contribution in [0, 0.1) is 0 Å². The molecule has 102 valence electrons. The molecule has 1 N–H and O–H groups in total. The van der Waals surface area contributed by atoms with Gasteiger partial charge in [0, 0.05) is 29.8 Å². The van der Waals surface area contributed by atoms with Crippen LogP contribution in [0.4, 0.5) is 0 Å². The van der Waals surface area contributed by atoms with Gasteiger partial charge in [0.2, 0.25) is 5.91 Å². The van der Waals surface area contributed by atoms with Crippen molar-refractivity contribution >= 4 is 17.7 Å². The minimum atomic E-state index is -0.408. The molecule has 0 bridgehead atoms. The van der Waals surface area contributed by atoms with Crippen molar-refractivity contribution < 1.29 is 4.79 Å². The van der Waals surface area contributed by atoms with Crippen LogP contribution in [0.2, 0.25) is 0 Å². The van der Waals surface area contributed by atoms with Gasteiger partial charge in [-0.25, -0.2) is 0 Å². The van der Waals surface area contributed by atoms with Crippen LogP contribution in [-0.2, 0) is 11.2 Å². The molecular formula is C15H20N2OS. The molecule has 19 heavy (non-hydrogen) atoms. The monoisotopic (exact) mass is 276 g/mol. The number of benzene rings is 1. The minimum absolute atomic E-state index is 0.232. The lowest BCUT2D eigenvalue weighted by molar-refractivity contribution is -0.139. The Morgan fingerprint density at radius 3 is 3.00 bits per heavy atom. The van der Waals surface area contributed by atoms with E-state index in [2.05, 4.69) is 29.6 Å². The molecule has 0 aromatic heterocycles. The molecule has 0 saturated carbocycles. The highest BCUT2D eigenvalue weighted by Gasteiger charge is 2.36. The predicted molar refractivity (Wildman–Crippen MR) is 78.5 cm³/mol. The quantitative estimate of drug-likeness (QED) is 0.895. The summed E-state index contributed by atoms with van der Waals surface area (Å²) in [4.78, 5) is 15.8. The summed E-state index contributed by atoms with van der Waals surface area (Å²) in [6.45, 7) is 6.53. The van der Waals surface area contributed by atoms with E-state index in [0.29, 0.717) is 5.25 Å². The molecule has 3 rings (SSSR count). The molecule has 2 aliphatic heterocycles. The van der Waals surface area contributed by atoms with Crippen molar-refractivity contribution in [1.29, 1.82) is 0 Å². The van der Waals surface area contributed by atoms with Gasteiger partial charge in [-0.3, -0.25) is 4.79 Å². The lowest BCUT2D eigenvalue weighted by Crippen LogP contribution is -2.62. The standard InChI is InChI=1S/C15H20N2OS/c1-15(2)14(18)17(8-7-16-15)10-12-9-11-5-3-4-6-13(11)19-12/h3-6,12,16H,7-10H2,1-2H3. The maximum absolute atomic E-state index is 12.4. The van der Waals surface area contributed by atoms with Crippen molar-refractivity contribution in [3.63, 3.8) is 0 Å². The molecule has 1 aromatic rings. The number of hydrogen-bond acceptors (Lipinski definition) is 3. The number of carbonyl (C=O) groups is 1. The molecule has 1 saturated heterocycles. The number of amides is 1. The number of thioether (sulfide) groups is 1. The van der Waals surface area contributed by atoms with Gasteiger partial charge in [-0.15, -0.1) is 11.8 Å². The molecule has 0 aliphatic carbocycles. The van der Waals surface area contributed by atoms with Crippen LogP contribution in [0.3, 0.4) is 0 Å². The average molecular weight is 276 g/mol. The van der Waals surface area contributed by atoms with Crippen LogP contribution >= 0.6 is 11.8 Å². The Morgan fingerprint density at radius 2 is 2.21 bits per heavy atom. The van der Waals surface area contributed by atoms with Gasteiger partial charge in [0.25, 0.3) is 0 Å². The van der Waals surface area contributed by atoms with Gasteiger partial charge in [-0.2, -0.15) is 0 Å². The van der Waals surface area contributed by atoms with Crippen molar-refractivity contribution in [1.82, 2.24) is 10.2 Å². The summed E-state index contributed by atoms with van der Waals surface area (Å²) >= 11 is 1.92. The molecule has 3 nitrogen and oxygen atoms in total. The molecule has 0 spiro atoms. The second-order valence-corrected chi connectivity index (χ2v) is 7.20. The minimum Gasteiger partial charge on any atom is -0.339 e. The smallest absolute Gasteiger partial charge is 0.242 e. The summed E-state index contributed by atoms with van der Waals surface area (Å²) < 4.78 is 0. The molecule has 0 radical (unpaired) electrons. The fraction of sp³-hybridized carbons (Fsp3) is 0.533. The lowest BCUT2D eigenvalue weighted by atomic mass is 10.0. The lowest BCUT2D eigenvalue weighted by Gasteiger charge is -2.39. The molecule has 4 heteroatoms. The Kier molecular flexibility index (Phi) is 3.31. The van der Waals surface area contributed by atoms with Gasteiger partial charge in [-0.1, -0.05) is 18.2 Å². The molecule has 1 atom stereocenters. The average Bonchev–Trinajstić information content (AvgIpc) is 2.77. The van der Waals surface area contributed by atoms with Crippen molar-refractivity contribution in [3.8, 4) is 0 Å². The van der Waals surface area contributed by atoms with Gasteiger partial charge in [0.1, 0.15) is 0 Å². The van der Waals surface area contributed by atoms with E-state index in [1.807, 2.05) is 30.5 Å². The summed E-state index contributed by atoms with van der Waals surface area (Å²) in [5.41, 5.74) is 1.02. The van der Waals surface area contributed by atoms with Crippen LogP contribution in [0.5, 0.6) is 0 Å². The van der Waals surface area contributed by atoms with Crippen LogP contribution in [0.25, 0.3) is 0 Å². The van der Waals surface area contributed by atoms with Crippen LogP contribution < -0.4 is 5.32 Å². The Balaban J connectivity index is 1.66. The Bertz CT molecular complexity index is 476. The number of nitrogens with one attached hydrogen (secondary N) is 1. The van der Waals surface area contributed by atoms with Gasteiger partial charge in [0.05, 0.1) is 5.54 Å². The first kappa shape index (κ1) is 13.0. The highest BCUT2D eigenvalue weighted by molar-refractivity contribution is 8.00. The van der Waals surface area contributed by atoms with Crippen molar-refractivity contribution in [3.05, 3.63) is 29.8 Å². The summed E-state index contributed by atoms with van der Waals surface area (Å²) in [6, 6.07) is 8.57. The third-order valence-electron chi connectivity index (χ3n) is 3.91. The zero-order valence-corrected chi connectivity index (χ0v) is 12.3. The van der Waals surface area contributed by atoms with Crippen molar-refractivity contribution in [2.75, 3.05) is 19.6 Å². The van der Waals surface area contributed by atoms with Gasteiger partial charge < -0.3 is 10.2 Å². The summed E-state index contributed by atoms with van der Waals surface area (Å²) in [7, 11) is 0. The summed E-state index contributed by atoms with van der Waals surface area (Å²) in [5.74, 6) is 0.232.